The van der Waals surface area contributed by atoms with Gasteiger partial charge in [-0.15, -0.1) is 0 Å². The Hall–Kier alpha value is -3.74. The summed E-state index contributed by atoms with van der Waals surface area (Å²) in [7, 11) is 0. The molecule has 0 N–H and O–H groups in total. The highest BCUT2D eigenvalue weighted by atomic mass is 79.9. The number of hydrogen-bond donors (Lipinski definition) is 0. The predicted molar refractivity (Wildman–Crippen MR) is 156 cm³/mol. The molecular formula is C32H23BrN2O2S. The molecule has 2 aromatic heterocycles. The standard InChI is InChI=1S/C32H23BrN2O2S/c1-19-11-14-24(26(33)17-19)27-16-13-22(37-27)18-28-31(36)35-30(21-8-3-2-4-9-21)25-15-12-20-7-5-6-10-23(20)29(25)34-32(35)38-28/h2-11,13-14,16-18,30H,12,15H2,1H3/b28-18-/t30-/m0/s1. The van der Waals surface area contributed by atoms with Crippen LogP contribution in [0.25, 0.3) is 23.1 Å². The number of rotatable bonds is 3. The van der Waals surface area contributed by atoms with Crippen LogP contribution in [-0.4, -0.2) is 4.57 Å². The molecule has 38 heavy (non-hydrogen) atoms. The number of benzene rings is 3. The highest BCUT2D eigenvalue weighted by Crippen LogP contribution is 2.41. The molecule has 0 radical (unpaired) electrons. The van der Waals surface area contributed by atoms with E-state index in [0.717, 1.165) is 44.7 Å². The summed E-state index contributed by atoms with van der Waals surface area (Å²) in [6.45, 7) is 2.06. The molecule has 1 atom stereocenters. The number of thiazole rings is 1. The van der Waals surface area contributed by atoms with Gasteiger partial charge in [0, 0.05) is 21.7 Å². The predicted octanol–water partition coefficient (Wildman–Crippen LogP) is 6.65. The van der Waals surface area contributed by atoms with Crippen molar-refractivity contribution in [3.8, 4) is 11.3 Å². The van der Waals surface area contributed by atoms with Crippen molar-refractivity contribution in [1.29, 1.82) is 0 Å². The van der Waals surface area contributed by atoms with Crippen molar-refractivity contribution < 1.29 is 4.42 Å². The Labute approximate surface area is 232 Å². The van der Waals surface area contributed by atoms with Gasteiger partial charge in [0.1, 0.15) is 11.5 Å². The van der Waals surface area contributed by atoms with E-state index in [4.69, 9.17) is 9.41 Å². The van der Waals surface area contributed by atoms with Gasteiger partial charge in [-0.25, -0.2) is 4.99 Å². The first-order valence-corrected chi connectivity index (χ1v) is 14.2. The van der Waals surface area contributed by atoms with Crippen LogP contribution < -0.4 is 14.9 Å². The van der Waals surface area contributed by atoms with Gasteiger partial charge in [-0.1, -0.05) is 87.9 Å². The third kappa shape index (κ3) is 3.87. The van der Waals surface area contributed by atoms with Crippen molar-refractivity contribution in [2.75, 3.05) is 0 Å². The topological polar surface area (TPSA) is 47.5 Å². The summed E-state index contributed by atoms with van der Waals surface area (Å²) in [5.41, 5.74) is 7.92. The lowest BCUT2D eigenvalue weighted by Crippen LogP contribution is -2.38. The molecule has 0 amide bonds. The minimum absolute atomic E-state index is 0.0394. The van der Waals surface area contributed by atoms with Gasteiger partial charge in [0.15, 0.2) is 4.80 Å². The smallest absolute Gasteiger partial charge is 0.271 e. The van der Waals surface area contributed by atoms with Crippen LogP contribution in [0.4, 0.5) is 0 Å². The summed E-state index contributed by atoms with van der Waals surface area (Å²) in [6, 6.07) is 28.6. The molecule has 0 unspecified atom stereocenters. The zero-order valence-electron chi connectivity index (χ0n) is 20.6. The van der Waals surface area contributed by atoms with Gasteiger partial charge >= 0.3 is 0 Å². The molecule has 0 bridgehead atoms. The Morgan fingerprint density at radius 2 is 1.79 bits per heavy atom. The van der Waals surface area contributed by atoms with Crippen molar-refractivity contribution in [3.63, 3.8) is 0 Å². The molecule has 6 heteroatoms. The Morgan fingerprint density at radius 1 is 0.974 bits per heavy atom. The van der Waals surface area contributed by atoms with Gasteiger partial charge in [0.05, 0.1) is 16.3 Å². The fraction of sp³-hybridized carbons (Fsp3) is 0.125. The number of aromatic nitrogens is 1. The van der Waals surface area contributed by atoms with Crippen molar-refractivity contribution >= 4 is 39.0 Å². The van der Waals surface area contributed by atoms with E-state index in [1.165, 1.54) is 33.6 Å². The first kappa shape index (κ1) is 23.4. The van der Waals surface area contributed by atoms with Crippen molar-refractivity contribution in [1.82, 2.24) is 4.57 Å². The molecule has 1 aliphatic carbocycles. The second kappa shape index (κ2) is 9.22. The first-order chi connectivity index (χ1) is 18.6. The van der Waals surface area contributed by atoms with E-state index in [2.05, 4.69) is 71.4 Å². The summed E-state index contributed by atoms with van der Waals surface area (Å²) >= 11 is 5.06. The molecule has 5 aromatic rings. The second-order valence-corrected chi connectivity index (χ2v) is 11.6. The van der Waals surface area contributed by atoms with E-state index < -0.39 is 0 Å². The fourth-order valence-corrected chi connectivity index (χ4v) is 7.15. The quantitative estimate of drug-likeness (QED) is 0.240. The van der Waals surface area contributed by atoms with Crippen molar-refractivity contribution in [3.05, 3.63) is 143 Å². The SMILES string of the molecule is Cc1ccc(-c2ccc(/C=c3\sc4n(c3=O)[C@@H](c3ccccc3)C3=C(N=4)c4ccccc4CC3)o2)c(Br)c1. The average Bonchev–Trinajstić information content (AvgIpc) is 3.52. The number of halogens is 1. The van der Waals surface area contributed by atoms with E-state index >= 15 is 0 Å². The van der Waals surface area contributed by atoms with Crippen LogP contribution in [0.15, 0.2) is 109 Å². The van der Waals surface area contributed by atoms with E-state index in [1.807, 2.05) is 47.0 Å². The van der Waals surface area contributed by atoms with Gasteiger partial charge in [-0.2, -0.15) is 0 Å². The number of allylic oxidation sites excluding steroid dienone is 1. The molecule has 7 rings (SSSR count). The van der Waals surface area contributed by atoms with Gasteiger partial charge in [0.2, 0.25) is 0 Å². The van der Waals surface area contributed by atoms with Crippen LogP contribution in [0.1, 0.15) is 40.5 Å². The largest absolute Gasteiger partial charge is 0.457 e. The summed E-state index contributed by atoms with van der Waals surface area (Å²) in [4.78, 5) is 19.7. The number of nitrogens with zero attached hydrogens (tertiary/aromatic N) is 2. The fourth-order valence-electron chi connectivity index (χ4n) is 5.48. The molecule has 0 saturated carbocycles. The van der Waals surface area contributed by atoms with Crippen LogP contribution in [0, 0.1) is 6.92 Å². The van der Waals surface area contributed by atoms with Crippen LogP contribution in [0.2, 0.25) is 0 Å². The molecule has 0 spiro atoms. The van der Waals surface area contributed by atoms with Gasteiger partial charge < -0.3 is 4.42 Å². The summed E-state index contributed by atoms with van der Waals surface area (Å²) in [5.74, 6) is 1.40. The number of aryl methyl sites for hydroxylation is 2. The third-order valence-corrected chi connectivity index (χ3v) is 8.92. The van der Waals surface area contributed by atoms with Gasteiger partial charge in [0.25, 0.3) is 5.56 Å². The molecule has 2 aliphatic rings. The number of fused-ring (bicyclic) bond motifs is 3. The van der Waals surface area contributed by atoms with Crippen LogP contribution in [0.5, 0.6) is 0 Å². The molecule has 3 aromatic carbocycles. The minimum atomic E-state index is -0.173. The van der Waals surface area contributed by atoms with E-state index in [9.17, 15) is 4.79 Å². The van der Waals surface area contributed by atoms with Crippen LogP contribution in [0.3, 0.4) is 0 Å². The highest BCUT2D eigenvalue weighted by molar-refractivity contribution is 9.10. The number of furan rings is 1. The third-order valence-electron chi connectivity index (χ3n) is 7.28. The Bertz CT molecular complexity index is 1930. The highest BCUT2D eigenvalue weighted by Gasteiger charge is 2.32. The number of hydrogen-bond acceptors (Lipinski definition) is 4. The average molecular weight is 580 g/mol. The Kier molecular flexibility index (Phi) is 5.68. The lowest BCUT2D eigenvalue weighted by atomic mass is 9.83. The molecule has 1 aliphatic heterocycles. The summed E-state index contributed by atoms with van der Waals surface area (Å²) < 4.78 is 9.63. The minimum Gasteiger partial charge on any atom is -0.457 e. The summed E-state index contributed by atoms with van der Waals surface area (Å²) in [5, 5.41) is 0. The monoisotopic (exact) mass is 578 g/mol. The van der Waals surface area contributed by atoms with Gasteiger partial charge in [-0.05, 0) is 66.3 Å². The van der Waals surface area contributed by atoms with E-state index in [0.29, 0.717) is 10.3 Å². The van der Waals surface area contributed by atoms with Gasteiger partial charge in [-0.3, -0.25) is 9.36 Å². The maximum atomic E-state index is 13.9. The molecule has 0 saturated heterocycles. The maximum Gasteiger partial charge on any atom is 0.271 e. The van der Waals surface area contributed by atoms with Crippen LogP contribution in [-0.2, 0) is 6.42 Å². The second-order valence-electron chi connectivity index (χ2n) is 9.71. The zero-order chi connectivity index (χ0) is 25.8. The van der Waals surface area contributed by atoms with E-state index in [-0.39, 0.29) is 11.6 Å². The molecule has 186 valence electrons. The van der Waals surface area contributed by atoms with Crippen molar-refractivity contribution in [2.45, 2.75) is 25.8 Å². The molecular weight excluding hydrogens is 556 g/mol. The Balaban J connectivity index is 1.39. The zero-order valence-corrected chi connectivity index (χ0v) is 23.1. The molecule has 0 fully saturated rings. The first-order valence-electron chi connectivity index (χ1n) is 12.6. The lowest BCUT2D eigenvalue weighted by Gasteiger charge is -2.30. The molecule has 4 nitrogen and oxygen atoms in total. The summed E-state index contributed by atoms with van der Waals surface area (Å²) in [6.07, 6.45) is 3.67. The normalized spacial score (nSPS) is 16.6. The van der Waals surface area contributed by atoms with E-state index in [1.54, 1.807) is 0 Å². The lowest BCUT2D eigenvalue weighted by molar-refractivity contribution is 0.570. The Morgan fingerprint density at radius 3 is 2.63 bits per heavy atom. The van der Waals surface area contributed by atoms with Crippen LogP contribution >= 0.6 is 27.3 Å². The maximum absolute atomic E-state index is 13.9. The molecule has 3 heterocycles. The van der Waals surface area contributed by atoms with Crippen molar-refractivity contribution in [2.24, 2.45) is 4.99 Å².